The Labute approximate surface area is 127 Å². The Hall–Kier alpha value is -1.61. The summed E-state index contributed by atoms with van der Waals surface area (Å²) < 4.78 is 25.0. The Bertz CT molecular complexity index is 695. The van der Waals surface area contributed by atoms with Crippen LogP contribution in [0, 0.1) is 5.41 Å². The van der Waals surface area contributed by atoms with Crippen molar-refractivity contribution in [2.45, 2.75) is 37.8 Å². The smallest absolute Gasteiger partial charge is 0.182 e. The normalized spacial score (nSPS) is 12.3. The summed E-state index contributed by atoms with van der Waals surface area (Å²) in [5, 5.41) is 0. The van der Waals surface area contributed by atoms with Gasteiger partial charge in [-0.25, -0.2) is 8.42 Å². The molecule has 0 N–H and O–H groups in total. The second kappa shape index (κ2) is 6.02. The summed E-state index contributed by atoms with van der Waals surface area (Å²) in [6.45, 7) is 6.49. The van der Waals surface area contributed by atoms with E-state index in [0.29, 0.717) is 4.90 Å². The molecule has 0 aliphatic rings. The summed E-state index contributed by atoms with van der Waals surface area (Å²) in [7, 11) is -3.29. The van der Waals surface area contributed by atoms with Gasteiger partial charge in [-0.15, -0.1) is 0 Å². The second-order valence-corrected chi connectivity index (χ2v) is 8.57. The van der Waals surface area contributed by atoms with Crippen LogP contribution in [0.4, 0.5) is 0 Å². The summed E-state index contributed by atoms with van der Waals surface area (Å²) in [4.78, 5) is 0.385. The van der Waals surface area contributed by atoms with Crippen LogP contribution in [0.15, 0.2) is 59.5 Å². The van der Waals surface area contributed by atoms with Crippen LogP contribution < -0.4 is 0 Å². The van der Waals surface area contributed by atoms with Gasteiger partial charge in [0, 0.05) is 0 Å². The number of hydrogen-bond donors (Lipinski definition) is 0. The summed E-state index contributed by atoms with van der Waals surface area (Å²) in [5.41, 5.74) is 2.15. The van der Waals surface area contributed by atoms with E-state index < -0.39 is 9.84 Å². The van der Waals surface area contributed by atoms with Gasteiger partial charge in [0.1, 0.15) is 0 Å². The van der Waals surface area contributed by atoms with Gasteiger partial charge >= 0.3 is 0 Å². The highest BCUT2D eigenvalue weighted by Gasteiger charge is 2.19. The van der Waals surface area contributed by atoms with Crippen LogP contribution >= 0.6 is 0 Å². The van der Waals surface area contributed by atoms with Crippen molar-refractivity contribution in [2.24, 2.45) is 5.41 Å². The molecular weight excluding hydrogens is 280 g/mol. The van der Waals surface area contributed by atoms with Gasteiger partial charge in [0.15, 0.2) is 9.84 Å². The maximum atomic E-state index is 12.5. The zero-order chi connectivity index (χ0) is 15.5. The predicted molar refractivity (Wildman–Crippen MR) is 86.9 cm³/mol. The van der Waals surface area contributed by atoms with Crippen molar-refractivity contribution >= 4 is 9.84 Å². The molecule has 0 fully saturated rings. The predicted octanol–water partition coefficient (Wildman–Crippen LogP) is 4.25. The molecule has 2 aromatic carbocycles. The molecule has 0 radical (unpaired) electrons. The monoisotopic (exact) mass is 302 g/mol. The lowest BCUT2D eigenvalue weighted by atomic mass is 9.86. The molecule has 0 spiro atoms. The number of rotatable bonds is 4. The minimum atomic E-state index is -3.29. The quantitative estimate of drug-likeness (QED) is 0.846. The molecular formula is C18H22O2S. The third kappa shape index (κ3) is 4.43. The first-order valence-corrected chi connectivity index (χ1v) is 8.78. The second-order valence-electron chi connectivity index (χ2n) is 6.58. The third-order valence-electron chi connectivity index (χ3n) is 3.29. The average molecular weight is 302 g/mol. The Morgan fingerprint density at radius 2 is 1.33 bits per heavy atom. The summed E-state index contributed by atoms with van der Waals surface area (Å²) >= 11 is 0. The van der Waals surface area contributed by atoms with Crippen molar-refractivity contribution in [3.63, 3.8) is 0 Å². The van der Waals surface area contributed by atoms with Crippen molar-refractivity contribution in [3.05, 3.63) is 65.7 Å². The largest absolute Gasteiger partial charge is 0.223 e. The fourth-order valence-electron chi connectivity index (χ4n) is 2.36. The summed E-state index contributed by atoms with van der Waals surface area (Å²) in [6.07, 6.45) is 0.869. The highest BCUT2D eigenvalue weighted by atomic mass is 32.2. The molecule has 0 heterocycles. The molecule has 0 saturated carbocycles. The van der Waals surface area contributed by atoms with Crippen molar-refractivity contribution < 1.29 is 8.42 Å². The molecule has 0 unspecified atom stereocenters. The summed E-state index contributed by atoms with van der Waals surface area (Å²) in [5.74, 6) is 0.0588. The zero-order valence-electron chi connectivity index (χ0n) is 12.8. The van der Waals surface area contributed by atoms with Gasteiger partial charge in [-0.2, -0.15) is 0 Å². The molecule has 0 amide bonds. The van der Waals surface area contributed by atoms with E-state index in [9.17, 15) is 8.42 Å². The molecule has 0 saturated heterocycles. The van der Waals surface area contributed by atoms with Gasteiger partial charge in [-0.3, -0.25) is 0 Å². The Morgan fingerprint density at radius 3 is 1.90 bits per heavy atom. The molecule has 0 bridgehead atoms. The Kier molecular flexibility index (Phi) is 4.52. The van der Waals surface area contributed by atoms with Crippen LogP contribution in [-0.2, 0) is 22.0 Å². The number of sulfone groups is 1. The standard InChI is InChI=1S/C18H22O2S/c1-18(2,3)13-15-9-7-8-10-16(15)14-21(19,20)17-11-5-4-6-12-17/h4-12H,13-14H2,1-3H3. The molecule has 112 valence electrons. The lowest BCUT2D eigenvalue weighted by Crippen LogP contribution is -2.13. The van der Waals surface area contributed by atoms with E-state index >= 15 is 0 Å². The summed E-state index contributed by atoms with van der Waals surface area (Å²) in [6, 6.07) is 16.5. The zero-order valence-corrected chi connectivity index (χ0v) is 13.7. The van der Waals surface area contributed by atoms with E-state index in [0.717, 1.165) is 17.5 Å². The van der Waals surface area contributed by atoms with Crippen LogP contribution in [-0.4, -0.2) is 8.42 Å². The Balaban J connectivity index is 2.32. The van der Waals surface area contributed by atoms with Crippen LogP contribution in [0.3, 0.4) is 0 Å². The first-order valence-electron chi connectivity index (χ1n) is 7.12. The van der Waals surface area contributed by atoms with Gasteiger partial charge in [0.2, 0.25) is 0 Å². The maximum Gasteiger partial charge on any atom is 0.182 e. The lowest BCUT2D eigenvalue weighted by molar-refractivity contribution is 0.410. The molecule has 2 rings (SSSR count). The molecule has 0 aliphatic carbocycles. The van der Waals surface area contributed by atoms with E-state index in [-0.39, 0.29) is 11.2 Å². The molecule has 2 aromatic rings. The third-order valence-corrected chi connectivity index (χ3v) is 4.97. The first kappa shape index (κ1) is 15.8. The van der Waals surface area contributed by atoms with Crippen LogP contribution in [0.1, 0.15) is 31.9 Å². The van der Waals surface area contributed by atoms with Crippen molar-refractivity contribution in [3.8, 4) is 0 Å². The molecule has 0 aromatic heterocycles. The van der Waals surface area contributed by atoms with E-state index in [1.165, 1.54) is 0 Å². The van der Waals surface area contributed by atoms with Crippen LogP contribution in [0.5, 0.6) is 0 Å². The molecule has 3 heteroatoms. The number of benzene rings is 2. The van der Waals surface area contributed by atoms with Gasteiger partial charge in [-0.05, 0) is 35.1 Å². The van der Waals surface area contributed by atoms with E-state index in [2.05, 4.69) is 20.8 Å². The van der Waals surface area contributed by atoms with E-state index in [1.807, 2.05) is 30.3 Å². The van der Waals surface area contributed by atoms with E-state index in [1.54, 1.807) is 24.3 Å². The van der Waals surface area contributed by atoms with Crippen LogP contribution in [0.2, 0.25) is 0 Å². The lowest BCUT2D eigenvalue weighted by Gasteiger charge is -2.20. The SMILES string of the molecule is CC(C)(C)Cc1ccccc1CS(=O)(=O)c1ccccc1. The maximum absolute atomic E-state index is 12.5. The highest BCUT2D eigenvalue weighted by molar-refractivity contribution is 7.90. The van der Waals surface area contributed by atoms with Gasteiger partial charge < -0.3 is 0 Å². The fourth-order valence-corrected chi connectivity index (χ4v) is 3.79. The van der Waals surface area contributed by atoms with E-state index in [4.69, 9.17) is 0 Å². The first-order chi connectivity index (χ1) is 9.78. The van der Waals surface area contributed by atoms with Crippen LogP contribution in [0.25, 0.3) is 0 Å². The topological polar surface area (TPSA) is 34.1 Å². The Morgan fingerprint density at radius 1 is 0.810 bits per heavy atom. The minimum absolute atomic E-state index is 0.0588. The average Bonchev–Trinajstić information content (AvgIpc) is 2.40. The fraction of sp³-hybridized carbons (Fsp3) is 0.333. The van der Waals surface area contributed by atoms with Gasteiger partial charge in [0.25, 0.3) is 0 Å². The number of hydrogen-bond acceptors (Lipinski definition) is 2. The molecule has 2 nitrogen and oxygen atoms in total. The molecule has 0 atom stereocenters. The molecule has 21 heavy (non-hydrogen) atoms. The van der Waals surface area contributed by atoms with Crippen molar-refractivity contribution in [2.75, 3.05) is 0 Å². The molecule has 0 aliphatic heterocycles. The highest BCUT2D eigenvalue weighted by Crippen LogP contribution is 2.25. The van der Waals surface area contributed by atoms with Gasteiger partial charge in [0.05, 0.1) is 10.6 Å². The van der Waals surface area contributed by atoms with Crippen molar-refractivity contribution in [1.82, 2.24) is 0 Å². The van der Waals surface area contributed by atoms with Gasteiger partial charge in [-0.1, -0.05) is 63.2 Å². The minimum Gasteiger partial charge on any atom is -0.223 e. The van der Waals surface area contributed by atoms with Crippen molar-refractivity contribution in [1.29, 1.82) is 0 Å².